The molecule has 0 heterocycles. The first-order valence-corrected chi connectivity index (χ1v) is 7.71. The minimum absolute atomic E-state index is 0.00662. The molecule has 0 aliphatic heterocycles. The fourth-order valence-electron chi connectivity index (χ4n) is 2.74. The summed E-state index contributed by atoms with van der Waals surface area (Å²) < 4.78 is 0. The summed E-state index contributed by atoms with van der Waals surface area (Å²) >= 11 is 0. The zero-order chi connectivity index (χ0) is 15.4. The second kappa shape index (κ2) is 6.52. The summed E-state index contributed by atoms with van der Waals surface area (Å²) in [5.41, 5.74) is 7.00. The third-order valence-corrected chi connectivity index (χ3v) is 3.99. The number of amides is 1. The number of phenolic OH excluding ortho intramolecular Hbond substituents is 1. The Hall–Kier alpha value is -2.49. The van der Waals surface area contributed by atoms with Crippen molar-refractivity contribution in [2.45, 2.75) is 32.1 Å². The van der Waals surface area contributed by atoms with Crippen molar-refractivity contribution in [1.82, 2.24) is 10.9 Å². The van der Waals surface area contributed by atoms with Gasteiger partial charge in [-0.3, -0.25) is 10.2 Å². The van der Waals surface area contributed by atoms with Crippen molar-refractivity contribution < 1.29 is 9.90 Å². The molecule has 2 aromatic carbocycles. The summed E-state index contributed by atoms with van der Waals surface area (Å²) in [6, 6.07) is 11.0. The van der Waals surface area contributed by atoms with Gasteiger partial charge in [-0.15, -0.1) is 0 Å². The van der Waals surface area contributed by atoms with Crippen LogP contribution >= 0.6 is 0 Å². The quantitative estimate of drug-likeness (QED) is 0.758. The number of allylic oxidation sites excluding steroid dienone is 2. The Morgan fingerprint density at radius 1 is 1.05 bits per heavy atom. The Morgan fingerprint density at radius 3 is 2.64 bits per heavy atom. The second-order valence-corrected chi connectivity index (χ2v) is 5.62. The molecule has 0 radical (unpaired) electrons. The number of benzene rings is 2. The Kier molecular flexibility index (Phi) is 4.28. The average Bonchev–Trinajstić information content (AvgIpc) is 2.80. The molecule has 4 heteroatoms. The molecule has 1 amide bonds. The van der Waals surface area contributed by atoms with E-state index in [2.05, 4.69) is 16.9 Å². The number of rotatable bonds is 3. The van der Waals surface area contributed by atoms with E-state index in [1.165, 1.54) is 12.8 Å². The van der Waals surface area contributed by atoms with Crippen LogP contribution in [0.4, 0.5) is 0 Å². The summed E-state index contributed by atoms with van der Waals surface area (Å²) in [5, 5.41) is 11.9. The molecule has 3 rings (SSSR count). The number of phenols is 1. The van der Waals surface area contributed by atoms with Crippen LogP contribution in [0.15, 0.2) is 48.2 Å². The minimum atomic E-state index is -0.326. The lowest BCUT2D eigenvalue weighted by Crippen LogP contribution is -2.36. The van der Waals surface area contributed by atoms with Crippen LogP contribution in [0.2, 0.25) is 0 Å². The highest BCUT2D eigenvalue weighted by Crippen LogP contribution is 2.24. The van der Waals surface area contributed by atoms with E-state index in [9.17, 15) is 9.90 Å². The highest BCUT2D eigenvalue weighted by molar-refractivity contribution is 6.01. The maximum atomic E-state index is 12.3. The lowest BCUT2D eigenvalue weighted by atomic mass is 10.1. The highest BCUT2D eigenvalue weighted by atomic mass is 16.3. The van der Waals surface area contributed by atoms with E-state index in [-0.39, 0.29) is 17.2 Å². The van der Waals surface area contributed by atoms with Crippen LogP contribution in [0.25, 0.3) is 10.8 Å². The van der Waals surface area contributed by atoms with Gasteiger partial charge in [0.05, 0.1) is 5.56 Å². The summed E-state index contributed by atoms with van der Waals surface area (Å²) in [6.07, 6.45) is 7.68. The lowest BCUT2D eigenvalue weighted by molar-refractivity contribution is 0.0935. The van der Waals surface area contributed by atoms with Crippen molar-refractivity contribution in [3.8, 4) is 5.75 Å². The maximum absolute atomic E-state index is 12.3. The molecule has 0 aromatic heterocycles. The highest BCUT2D eigenvalue weighted by Gasteiger charge is 2.13. The van der Waals surface area contributed by atoms with Crippen LogP contribution < -0.4 is 10.9 Å². The first kappa shape index (κ1) is 14.4. The number of carbonyl (C=O) groups is 1. The van der Waals surface area contributed by atoms with Crippen molar-refractivity contribution in [1.29, 1.82) is 0 Å². The molecule has 0 atom stereocenters. The predicted molar refractivity (Wildman–Crippen MR) is 87.4 cm³/mol. The molecule has 4 nitrogen and oxygen atoms in total. The molecule has 114 valence electrons. The molecule has 0 spiro atoms. The van der Waals surface area contributed by atoms with Gasteiger partial charge in [-0.2, -0.15) is 0 Å². The van der Waals surface area contributed by atoms with E-state index in [1.807, 2.05) is 24.3 Å². The Labute approximate surface area is 129 Å². The van der Waals surface area contributed by atoms with Crippen molar-refractivity contribution in [3.63, 3.8) is 0 Å². The molecule has 1 aliphatic carbocycles. The van der Waals surface area contributed by atoms with Crippen molar-refractivity contribution in [2.24, 2.45) is 0 Å². The maximum Gasteiger partial charge on any atom is 0.273 e. The molecule has 2 aromatic rings. The van der Waals surface area contributed by atoms with E-state index in [0.29, 0.717) is 0 Å². The Balaban J connectivity index is 1.74. The van der Waals surface area contributed by atoms with Gasteiger partial charge in [0.15, 0.2) is 0 Å². The van der Waals surface area contributed by atoms with Crippen LogP contribution in [0.3, 0.4) is 0 Å². The van der Waals surface area contributed by atoms with Gasteiger partial charge < -0.3 is 10.5 Å². The normalized spacial score (nSPS) is 15.0. The monoisotopic (exact) mass is 296 g/mol. The number of aromatic hydroxyl groups is 1. The van der Waals surface area contributed by atoms with E-state index in [1.54, 1.807) is 12.1 Å². The van der Waals surface area contributed by atoms with Gasteiger partial charge >= 0.3 is 0 Å². The van der Waals surface area contributed by atoms with Gasteiger partial charge in [-0.25, -0.2) is 0 Å². The fourth-order valence-corrected chi connectivity index (χ4v) is 2.74. The van der Waals surface area contributed by atoms with Gasteiger partial charge in [-0.05, 0) is 48.6 Å². The van der Waals surface area contributed by atoms with E-state index in [4.69, 9.17) is 0 Å². The summed E-state index contributed by atoms with van der Waals surface area (Å²) in [4.78, 5) is 12.3. The molecular weight excluding hydrogens is 276 g/mol. The molecule has 0 unspecified atom stereocenters. The molecule has 3 N–H and O–H groups in total. The zero-order valence-electron chi connectivity index (χ0n) is 12.4. The summed E-state index contributed by atoms with van der Waals surface area (Å²) in [6.45, 7) is 0. The summed E-state index contributed by atoms with van der Waals surface area (Å²) in [5.74, 6) is -0.332. The SMILES string of the molecule is O=C(NNC1=CCCCCC1)c1cc2ccccc2cc1O. The molecular formula is C18H20N2O2. The van der Waals surface area contributed by atoms with Crippen LogP contribution in [0, 0.1) is 0 Å². The number of nitrogens with one attached hydrogen (secondary N) is 2. The van der Waals surface area contributed by atoms with Crippen LogP contribution in [0.1, 0.15) is 42.5 Å². The zero-order valence-corrected chi connectivity index (χ0v) is 12.4. The molecule has 0 fully saturated rings. The van der Waals surface area contributed by atoms with Crippen molar-refractivity contribution in [3.05, 3.63) is 53.7 Å². The predicted octanol–water partition coefficient (Wildman–Crippen LogP) is 3.63. The average molecular weight is 296 g/mol. The van der Waals surface area contributed by atoms with Crippen LogP contribution in [-0.4, -0.2) is 11.0 Å². The van der Waals surface area contributed by atoms with E-state index < -0.39 is 0 Å². The first-order chi connectivity index (χ1) is 10.7. The largest absolute Gasteiger partial charge is 0.507 e. The number of hydrogen-bond donors (Lipinski definition) is 3. The molecule has 22 heavy (non-hydrogen) atoms. The number of carbonyl (C=O) groups excluding carboxylic acids is 1. The first-order valence-electron chi connectivity index (χ1n) is 7.71. The Morgan fingerprint density at radius 2 is 1.82 bits per heavy atom. The second-order valence-electron chi connectivity index (χ2n) is 5.62. The van der Waals surface area contributed by atoms with Crippen molar-refractivity contribution in [2.75, 3.05) is 0 Å². The number of hydrogen-bond acceptors (Lipinski definition) is 3. The van der Waals surface area contributed by atoms with Crippen LogP contribution in [-0.2, 0) is 0 Å². The Bertz CT molecular complexity index is 722. The standard InChI is InChI=1S/C18H20N2O2/c21-17-12-14-8-6-5-7-13(14)11-16(17)18(22)20-19-15-9-3-1-2-4-10-15/h5-9,11-12,19,21H,1-4,10H2,(H,20,22). The van der Waals surface area contributed by atoms with Crippen LogP contribution in [0.5, 0.6) is 5.75 Å². The lowest BCUT2D eigenvalue weighted by Gasteiger charge is -2.12. The van der Waals surface area contributed by atoms with Gasteiger partial charge in [-0.1, -0.05) is 36.8 Å². The van der Waals surface area contributed by atoms with Gasteiger partial charge in [0.25, 0.3) is 5.91 Å². The minimum Gasteiger partial charge on any atom is -0.507 e. The smallest absolute Gasteiger partial charge is 0.273 e. The number of hydrazine groups is 1. The molecule has 0 bridgehead atoms. The van der Waals surface area contributed by atoms with Gasteiger partial charge in [0.1, 0.15) is 5.75 Å². The third-order valence-electron chi connectivity index (χ3n) is 3.99. The van der Waals surface area contributed by atoms with Gasteiger partial charge in [0, 0.05) is 5.70 Å². The van der Waals surface area contributed by atoms with Crippen molar-refractivity contribution >= 4 is 16.7 Å². The fraction of sp³-hybridized carbons (Fsp3) is 0.278. The van der Waals surface area contributed by atoms with Gasteiger partial charge in [0.2, 0.25) is 0 Å². The third kappa shape index (κ3) is 3.22. The topological polar surface area (TPSA) is 61.4 Å². The molecule has 0 saturated carbocycles. The molecule has 1 aliphatic rings. The number of fused-ring (bicyclic) bond motifs is 1. The molecule has 0 saturated heterocycles. The summed E-state index contributed by atoms with van der Waals surface area (Å²) in [7, 11) is 0. The van der Waals surface area contributed by atoms with E-state index >= 15 is 0 Å². The van der Waals surface area contributed by atoms with E-state index in [0.717, 1.165) is 35.7 Å².